The summed E-state index contributed by atoms with van der Waals surface area (Å²) in [4.78, 5) is 0. The predicted molar refractivity (Wildman–Crippen MR) is 65.2 cm³/mol. The first kappa shape index (κ1) is 10.7. The molecule has 82 valence electrons. The minimum absolute atomic E-state index is 0.693. The van der Waals surface area contributed by atoms with E-state index in [4.69, 9.17) is 0 Å². The summed E-state index contributed by atoms with van der Waals surface area (Å²) in [6, 6.07) is 7.06. The molecule has 1 aliphatic heterocycles. The number of fused-ring (bicyclic) bond motifs is 1. The number of hydrogen-bond donors (Lipinski definition) is 1. The standard InChI is InChI=1S/C14H21N/c1-3-11(2)13-7-6-12-5-4-8-15-10-14(12)9-13/h6-7,9,11,15H,3-5,8,10H2,1-2H3. The lowest BCUT2D eigenvalue weighted by atomic mass is 9.93. The third-order valence-corrected chi connectivity index (χ3v) is 3.53. The van der Waals surface area contributed by atoms with Crippen molar-refractivity contribution in [3.8, 4) is 0 Å². The maximum absolute atomic E-state index is 3.49. The fourth-order valence-corrected chi connectivity index (χ4v) is 2.22. The Balaban J connectivity index is 2.27. The van der Waals surface area contributed by atoms with Crippen LogP contribution >= 0.6 is 0 Å². The summed E-state index contributed by atoms with van der Waals surface area (Å²) in [5.74, 6) is 0.693. The molecule has 0 fully saturated rings. The molecule has 15 heavy (non-hydrogen) atoms. The van der Waals surface area contributed by atoms with Crippen LogP contribution in [0.3, 0.4) is 0 Å². The summed E-state index contributed by atoms with van der Waals surface area (Å²) in [6.07, 6.45) is 3.74. The van der Waals surface area contributed by atoms with Crippen molar-refractivity contribution in [2.45, 2.75) is 45.6 Å². The molecule has 1 nitrogen and oxygen atoms in total. The van der Waals surface area contributed by atoms with Crippen molar-refractivity contribution in [2.75, 3.05) is 6.54 Å². The zero-order chi connectivity index (χ0) is 10.7. The normalized spacial score (nSPS) is 18.0. The van der Waals surface area contributed by atoms with Gasteiger partial charge in [-0.05, 0) is 48.4 Å². The van der Waals surface area contributed by atoms with Gasteiger partial charge in [0.05, 0.1) is 0 Å². The first-order chi connectivity index (χ1) is 7.31. The molecule has 2 rings (SSSR count). The number of rotatable bonds is 2. The smallest absolute Gasteiger partial charge is 0.0208 e. The molecular weight excluding hydrogens is 182 g/mol. The van der Waals surface area contributed by atoms with E-state index in [1.807, 2.05) is 0 Å². The lowest BCUT2D eigenvalue weighted by molar-refractivity contribution is 0.679. The minimum atomic E-state index is 0.693. The molecule has 0 aliphatic carbocycles. The summed E-state index contributed by atoms with van der Waals surface area (Å²) >= 11 is 0. The van der Waals surface area contributed by atoms with E-state index in [0.29, 0.717) is 5.92 Å². The molecule has 0 spiro atoms. The molecule has 1 atom stereocenters. The molecule has 0 bridgehead atoms. The van der Waals surface area contributed by atoms with Gasteiger partial charge in [0.15, 0.2) is 0 Å². The number of hydrogen-bond acceptors (Lipinski definition) is 1. The van der Waals surface area contributed by atoms with Crippen molar-refractivity contribution in [3.05, 3.63) is 34.9 Å². The molecule has 1 aromatic rings. The molecule has 0 saturated heterocycles. The van der Waals surface area contributed by atoms with Crippen molar-refractivity contribution in [3.63, 3.8) is 0 Å². The average Bonchev–Trinajstić information content (AvgIpc) is 2.51. The fraction of sp³-hybridized carbons (Fsp3) is 0.571. The summed E-state index contributed by atoms with van der Waals surface area (Å²) in [7, 11) is 0. The lowest BCUT2D eigenvalue weighted by Crippen LogP contribution is -2.12. The molecule has 1 N–H and O–H groups in total. The Kier molecular flexibility index (Phi) is 3.42. The Morgan fingerprint density at radius 3 is 3.00 bits per heavy atom. The highest BCUT2D eigenvalue weighted by atomic mass is 14.8. The largest absolute Gasteiger partial charge is 0.313 e. The van der Waals surface area contributed by atoms with Gasteiger partial charge in [0.1, 0.15) is 0 Å². The predicted octanol–water partition coefficient (Wildman–Crippen LogP) is 3.24. The van der Waals surface area contributed by atoms with Crippen LogP contribution in [-0.4, -0.2) is 6.54 Å². The highest BCUT2D eigenvalue weighted by molar-refractivity contribution is 5.34. The number of benzene rings is 1. The molecule has 1 aromatic carbocycles. The van der Waals surface area contributed by atoms with Gasteiger partial charge in [-0.15, -0.1) is 0 Å². The van der Waals surface area contributed by atoms with E-state index in [9.17, 15) is 0 Å². The van der Waals surface area contributed by atoms with E-state index < -0.39 is 0 Å². The second kappa shape index (κ2) is 4.80. The molecular formula is C14H21N. The van der Waals surface area contributed by atoms with Crippen molar-refractivity contribution in [1.29, 1.82) is 0 Å². The molecule has 1 heterocycles. The molecule has 0 amide bonds. The van der Waals surface area contributed by atoms with E-state index in [1.54, 1.807) is 5.56 Å². The maximum atomic E-state index is 3.49. The highest BCUT2D eigenvalue weighted by Gasteiger charge is 2.10. The minimum Gasteiger partial charge on any atom is -0.313 e. The van der Waals surface area contributed by atoms with Crippen LogP contribution in [0.15, 0.2) is 18.2 Å². The van der Waals surface area contributed by atoms with Crippen LogP contribution in [0.5, 0.6) is 0 Å². The van der Waals surface area contributed by atoms with E-state index in [1.165, 1.54) is 30.4 Å². The van der Waals surface area contributed by atoms with Gasteiger partial charge in [0, 0.05) is 6.54 Å². The van der Waals surface area contributed by atoms with Crippen LogP contribution in [0.4, 0.5) is 0 Å². The van der Waals surface area contributed by atoms with Crippen LogP contribution in [0.1, 0.15) is 49.3 Å². The van der Waals surface area contributed by atoms with Gasteiger partial charge in [0.2, 0.25) is 0 Å². The molecule has 1 heteroatoms. The Morgan fingerprint density at radius 2 is 2.20 bits per heavy atom. The van der Waals surface area contributed by atoms with Gasteiger partial charge in [0.25, 0.3) is 0 Å². The third kappa shape index (κ3) is 2.40. The second-order valence-electron chi connectivity index (χ2n) is 4.62. The van der Waals surface area contributed by atoms with Gasteiger partial charge < -0.3 is 5.32 Å². The quantitative estimate of drug-likeness (QED) is 0.778. The summed E-state index contributed by atoms with van der Waals surface area (Å²) in [6.45, 7) is 6.79. The lowest BCUT2D eigenvalue weighted by Gasteiger charge is -2.13. The van der Waals surface area contributed by atoms with Crippen LogP contribution in [0.2, 0.25) is 0 Å². The third-order valence-electron chi connectivity index (χ3n) is 3.53. The van der Waals surface area contributed by atoms with E-state index >= 15 is 0 Å². The summed E-state index contributed by atoms with van der Waals surface area (Å²) in [5, 5.41) is 3.49. The Hall–Kier alpha value is -0.820. The molecule has 0 aromatic heterocycles. The van der Waals surface area contributed by atoms with E-state index in [0.717, 1.165) is 13.1 Å². The van der Waals surface area contributed by atoms with Crippen molar-refractivity contribution < 1.29 is 0 Å². The zero-order valence-corrected chi connectivity index (χ0v) is 9.84. The van der Waals surface area contributed by atoms with Gasteiger partial charge in [-0.2, -0.15) is 0 Å². The van der Waals surface area contributed by atoms with E-state index in [-0.39, 0.29) is 0 Å². The molecule has 1 aliphatic rings. The topological polar surface area (TPSA) is 12.0 Å². The Bertz CT molecular complexity index is 330. The van der Waals surface area contributed by atoms with Crippen molar-refractivity contribution in [2.24, 2.45) is 0 Å². The Labute approximate surface area is 92.9 Å². The monoisotopic (exact) mass is 203 g/mol. The molecule has 1 unspecified atom stereocenters. The maximum Gasteiger partial charge on any atom is 0.0208 e. The van der Waals surface area contributed by atoms with Gasteiger partial charge in [-0.3, -0.25) is 0 Å². The summed E-state index contributed by atoms with van der Waals surface area (Å²) < 4.78 is 0. The van der Waals surface area contributed by atoms with Crippen molar-refractivity contribution >= 4 is 0 Å². The first-order valence-electron chi connectivity index (χ1n) is 6.13. The van der Waals surface area contributed by atoms with Crippen LogP contribution in [0, 0.1) is 0 Å². The van der Waals surface area contributed by atoms with Crippen LogP contribution in [0.25, 0.3) is 0 Å². The van der Waals surface area contributed by atoms with E-state index in [2.05, 4.69) is 37.4 Å². The molecule has 0 saturated carbocycles. The zero-order valence-electron chi connectivity index (χ0n) is 9.84. The SMILES string of the molecule is CCC(C)c1ccc2c(c1)CNCCC2. The molecule has 0 radical (unpaired) electrons. The Morgan fingerprint density at radius 1 is 1.33 bits per heavy atom. The fourth-order valence-electron chi connectivity index (χ4n) is 2.22. The second-order valence-corrected chi connectivity index (χ2v) is 4.62. The highest BCUT2D eigenvalue weighted by Crippen LogP contribution is 2.23. The van der Waals surface area contributed by atoms with Crippen LogP contribution in [-0.2, 0) is 13.0 Å². The number of nitrogens with one attached hydrogen (secondary N) is 1. The summed E-state index contributed by atoms with van der Waals surface area (Å²) in [5.41, 5.74) is 4.57. The van der Waals surface area contributed by atoms with Crippen molar-refractivity contribution in [1.82, 2.24) is 5.32 Å². The average molecular weight is 203 g/mol. The first-order valence-corrected chi connectivity index (χ1v) is 6.13. The van der Waals surface area contributed by atoms with Gasteiger partial charge in [-0.1, -0.05) is 32.0 Å². The van der Waals surface area contributed by atoms with Crippen LogP contribution < -0.4 is 5.32 Å². The van der Waals surface area contributed by atoms with Gasteiger partial charge in [-0.25, -0.2) is 0 Å². The number of aryl methyl sites for hydroxylation is 1. The van der Waals surface area contributed by atoms with Gasteiger partial charge >= 0.3 is 0 Å².